The summed E-state index contributed by atoms with van der Waals surface area (Å²) in [7, 11) is -3.82. The molecule has 0 N–H and O–H groups in total. The molecule has 4 rings (SSSR count). The summed E-state index contributed by atoms with van der Waals surface area (Å²) < 4.78 is 29.1. The van der Waals surface area contributed by atoms with E-state index in [9.17, 15) is 23.3 Å². The summed E-state index contributed by atoms with van der Waals surface area (Å²) in [5, 5.41) is 15.3. The molecular formula is C23H24N4O5S2. The maximum Gasteiger partial charge on any atom is 0.269 e. The third kappa shape index (κ3) is 4.50. The third-order valence-corrected chi connectivity index (χ3v) is 9.04. The number of aromatic nitrogens is 2. The van der Waals surface area contributed by atoms with Crippen molar-refractivity contribution in [3.63, 3.8) is 0 Å². The number of benzene rings is 2. The third-order valence-electron chi connectivity index (χ3n) is 5.82. The molecule has 3 aromatic rings. The van der Waals surface area contributed by atoms with Gasteiger partial charge in [-0.3, -0.25) is 14.9 Å². The molecule has 0 radical (unpaired) electrons. The highest BCUT2D eigenvalue weighted by Gasteiger charge is 2.41. The van der Waals surface area contributed by atoms with Crippen LogP contribution >= 0.6 is 11.8 Å². The summed E-state index contributed by atoms with van der Waals surface area (Å²) in [6.07, 6.45) is 1.01. The number of nitro groups is 1. The van der Waals surface area contributed by atoms with Crippen molar-refractivity contribution in [2.45, 2.75) is 54.3 Å². The first-order valence-corrected chi connectivity index (χ1v) is 13.0. The molecular weight excluding hydrogens is 476 g/mol. The van der Waals surface area contributed by atoms with E-state index in [-0.39, 0.29) is 23.0 Å². The number of carbonyl (C=O) groups is 1. The van der Waals surface area contributed by atoms with Gasteiger partial charge in [-0.1, -0.05) is 29.5 Å². The highest BCUT2D eigenvalue weighted by atomic mass is 32.2. The van der Waals surface area contributed by atoms with Gasteiger partial charge in [-0.2, -0.15) is 9.40 Å². The van der Waals surface area contributed by atoms with Gasteiger partial charge >= 0.3 is 0 Å². The van der Waals surface area contributed by atoms with Crippen LogP contribution in [0, 0.1) is 30.9 Å². The van der Waals surface area contributed by atoms with Crippen LogP contribution in [-0.2, 0) is 10.0 Å². The van der Waals surface area contributed by atoms with Crippen molar-refractivity contribution in [3.8, 4) is 0 Å². The number of nitrogens with zero attached hydrogens (tertiary/aromatic N) is 4. The van der Waals surface area contributed by atoms with Crippen LogP contribution < -0.4 is 0 Å². The van der Waals surface area contributed by atoms with Gasteiger partial charge in [0.05, 0.1) is 26.1 Å². The summed E-state index contributed by atoms with van der Waals surface area (Å²) in [5.74, 6) is -0.385. The van der Waals surface area contributed by atoms with E-state index in [1.54, 1.807) is 50.2 Å². The maximum absolute atomic E-state index is 13.5. The van der Waals surface area contributed by atoms with Gasteiger partial charge in [0, 0.05) is 23.6 Å². The van der Waals surface area contributed by atoms with Crippen molar-refractivity contribution >= 4 is 33.4 Å². The number of rotatable bonds is 6. The number of nitro benzene ring substituents is 1. The Morgan fingerprint density at radius 3 is 2.35 bits per heavy atom. The highest BCUT2D eigenvalue weighted by Crippen LogP contribution is 2.35. The van der Waals surface area contributed by atoms with E-state index in [1.807, 2.05) is 6.92 Å². The van der Waals surface area contributed by atoms with Crippen LogP contribution in [0.1, 0.15) is 34.6 Å². The molecule has 2 aromatic carbocycles. The number of hydrogen-bond acceptors (Lipinski definition) is 7. The molecule has 1 atom stereocenters. The van der Waals surface area contributed by atoms with Gasteiger partial charge in [-0.25, -0.2) is 13.1 Å². The first-order valence-electron chi connectivity index (χ1n) is 10.7. The van der Waals surface area contributed by atoms with Crippen LogP contribution in [0.2, 0.25) is 0 Å². The van der Waals surface area contributed by atoms with Gasteiger partial charge in [0.2, 0.25) is 10.0 Å². The quantitative estimate of drug-likeness (QED) is 0.365. The molecule has 1 aliphatic rings. The normalized spacial score (nSPS) is 16.6. The number of sulfonamides is 1. The Hall–Kier alpha value is -3.02. The van der Waals surface area contributed by atoms with Gasteiger partial charge in [0.1, 0.15) is 6.04 Å². The second-order valence-electron chi connectivity index (χ2n) is 8.19. The predicted octanol–water partition coefficient (Wildman–Crippen LogP) is 4.36. The molecule has 2 heterocycles. The monoisotopic (exact) mass is 500 g/mol. The molecule has 0 unspecified atom stereocenters. The van der Waals surface area contributed by atoms with Gasteiger partial charge < -0.3 is 0 Å². The lowest BCUT2D eigenvalue weighted by Gasteiger charge is -2.23. The van der Waals surface area contributed by atoms with Crippen LogP contribution in [0.3, 0.4) is 0 Å². The molecule has 0 aliphatic carbocycles. The topological polar surface area (TPSA) is 115 Å². The van der Waals surface area contributed by atoms with Gasteiger partial charge in [0.15, 0.2) is 0 Å². The lowest BCUT2D eigenvalue weighted by molar-refractivity contribution is -0.384. The number of hydrogen-bond donors (Lipinski definition) is 0. The number of non-ortho nitro benzene ring substituents is 1. The number of carbonyl (C=O) groups excluding carboxylic acids is 1. The Kier molecular flexibility index (Phi) is 6.61. The molecule has 1 fully saturated rings. The SMILES string of the molecule is Cc1ccc(S(=O)(=O)N2CCC[C@@H]2C(=O)n2nc(C)c(Sc3ccc([N+](=O)[O-])cc3)c2C)cc1. The Morgan fingerprint density at radius 2 is 1.74 bits per heavy atom. The van der Waals surface area contributed by atoms with Crippen molar-refractivity contribution in [1.82, 2.24) is 14.1 Å². The molecule has 34 heavy (non-hydrogen) atoms. The molecule has 1 saturated heterocycles. The predicted molar refractivity (Wildman–Crippen MR) is 128 cm³/mol. The molecule has 0 amide bonds. The smallest absolute Gasteiger partial charge is 0.269 e. The second kappa shape index (κ2) is 9.32. The Bertz CT molecular complexity index is 1350. The number of aryl methyl sites for hydroxylation is 2. The van der Waals surface area contributed by atoms with Gasteiger partial charge in [0.25, 0.3) is 11.6 Å². The van der Waals surface area contributed by atoms with E-state index in [4.69, 9.17) is 0 Å². The van der Waals surface area contributed by atoms with E-state index in [0.29, 0.717) is 24.2 Å². The minimum atomic E-state index is -3.82. The average molecular weight is 501 g/mol. The summed E-state index contributed by atoms with van der Waals surface area (Å²) in [5.41, 5.74) is 2.18. The summed E-state index contributed by atoms with van der Waals surface area (Å²) in [6, 6.07) is 11.9. The van der Waals surface area contributed by atoms with Crippen molar-refractivity contribution < 1.29 is 18.1 Å². The largest absolute Gasteiger partial charge is 0.271 e. The average Bonchev–Trinajstić information content (AvgIpc) is 3.41. The zero-order valence-electron chi connectivity index (χ0n) is 19.0. The molecule has 178 valence electrons. The fourth-order valence-corrected chi connectivity index (χ4v) is 6.59. The maximum atomic E-state index is 13.5. The molecule has 0 bridgehead atoms. The molecule has 0 spiro atoms. The fraction of sp³-hybridized carbons (Fsp3) is 0.304. The summed E-state index contributed by atoms with van der Waals surface area (Å²) in [6.45, 7) is 5.70. The van der Waals surface area contributed by atoms with E-state index in [2.05, 4.69) is 5.10 Å². The van der Waals surface area contributed by atoms with E-state index in [0.717, 1.165) is 15.4 Å². The van der Waals surface area contributed by atoms with Crippen LogP contribution in [-0.4, -0.2) is 45.9 Å². The standard InChI is InChI=1S/C23H24N4O5S2/c1-15-6-12-20(13-7-15)34(31,32)25-14-4-5-21(25)23(28)26-17(3)22(16(2)24-26)33-19-10-8-18(9-11-19)27(29)30/h6-13,21H,4-5,14H2,1-3H3/t21-/m1/s1. The first kappa shape index (κ1) is 24.1. The Balaban J connectivity index is 1.60. The molecule has 11 heteroatoms. The Labute approximate surface area is 202 Å². The van der Waals surface area contributed by atoms with Crippen LogP contribution in [0.25, 0.3) is 0 Å². The lowest BCUT2D eigenvalue weighted by atomic mass is 10.2. The van der Waals surface area contributed by atoms with Crippen molar-refractivity contribution in [2.24, 2.45) is 0 Å². The van der Waals surface area contributed by atoms with Crippen molar-refractivity contribution in [3.05, 3.63) is 75.6 Å². The summed E-state index contributed by atoms with van der Waals surface area (Å²) in [4.78, 5) is 25.6. The van der Waals surface area contributed by atoms with E-state index < -0.39 is 21.0 Å². The van der Waals surface area contributed by atoms with Crippen molar-refractivity contribution in [1.29, 1.82) is 0 Å². The van der Waals surface area contributed by atoms with Gasteiger partial charge in [-0.05, 0) is 57.9 Å². The zero-order valence-corrected chi connectivity index (χ0v) is 20.6. The van der Waals surface area contributed by atoms with Crippen LogP contribution in [0.4, 0.5) is 5.69 Å². The fourth-order valence-electron chi connectivity index (χ4n) is 4.01. The first-order chi connectivity index (χ1) is 16.1. The minimum Gasteiger partial charge on any atom is -0.271 e. The van der Waals surface area contributed by atoms with E-state index >= 15 is 0 Å². The second-order valence-corrected chi connectivity index (χ2v) is 11.2. The van der Waals surface area contributed by atoms with Crippen LogP contribution in [0.15, 0.2) is 63.2 Å². The summed E-state index contributed by atoms with van der Waals surface area (Å²) >= 11 is 1.36. The van der Waals surface area contributed by atoms with E-state index in [1.165, 1.54) is 32.9 Å². The van der Waals surface area contributed by atoms with Crippen molar-refractivity contribution in [2.75, 3.05) is 6.54 Å². The molecule has 9 nitrogen and oxygen atoms in total. The lowest BCUT2D eigenvalue weighted by Crippen LogP contribution is -2.43. The zero-order chi connectivity index (χ0) is 24.6. The highest BCUT2D eigenvalue weighted by molar-refractivity contribution is 7.99. The van der Waals surface area contributed by atoms with Crippen LogP contribution in [0.5, 0.6) is 0 Å². The van der Waals surface area contributed by atoms with Gasteiger partial charge in [-0.15, -0.1) is 0 Å². The molecule has 1 aliphatic heterocycles. The Morgan fingerprint density at radius 1 is 1.09 bits per heavy atom. The minimum absolute atomic E-state index is 0.000206. The molecule has 1 aromatic heterocycles. The molecule has 0 saturated carbocycles.